The fourth-order valence-electron chi connectivity index (χ4n) is 3.38. The van der Waals surface area contributed by atoms with Crippen LogP contribution in [0.4, 0.5) is 0 Å². The fourth-order valence-corrected chi connectivity index (χ4v) is 3.38. The summed E-state index contributed by atoms with van der Waals surface area (Å²) in [6.07, 6.45) is 1.71. The minimum Gasteiger partial charge on any atom is -0.326 e. The Kier molecular flexibility index (Phi) is 3.48. The molecule has 1 aliphatic heterocycles. The lowest BCUT2D eigenvalue weighted by atomic mass is 9.95. The molecule has 0 unspecified atom stereocenters. The first-order valence-electron chi connectivity index (χ1n) is 7.79. The Morgan fingerprint density at radius 1 is 1.22 bits per heavy atom. The van der Waals surface area contributed by atoms with Crippen LogP contribution in [-0.4, -0.2) is 38.6 Å². The van der Waals surface area contributed by atoms with Gasteiger partial charge in [0.2, 0.25) is 0 Å². The van der Waals surface area contributed by atoms with Gasteiger partial charge in [0.1, 0.15) is 0 Å². The van der Waals surface area contributed by atoms with Crippen LogP contribution in [0, 0.1) is 0 Å². The minimum atomic E-state index is -0.0851. The average molecular weight is 309 g/mol. The lowest BCUT2D eigenvalue weighted by molar-refractivity contribution is 0.319. The van der Waals surface area contributed by atoms with Gasteiger partial charge in [-0.1, -0.05) is 30.3 Å². The number of nitrogens with two attached hydrogens (primary N) is 1. The average Bonchev–Trinajstić information content (AvgIpc) is 3.15. The summed E-state index contributed by atoms with van der Waals surface area (Å²) in [5.41, 5.74) is 8.95. The Labute approximate surface area is 133 Å². The highest BCUT2D eigenvalue weighted by Gasteiger charge is 2.31. The van der Waals surface area contributed by atoms with Crippen LogP contribution in [-0.2, 0) is 6.54 Å². The van der Waals surface area contributed by atoms with E-state index in [0.29, 0.717) is 18.1 Å². The molecule has 0 radical (unpaired) electrons. The highest BCUT2D eigenvalue weighted by Crippen LogP contribution is 2.27. The molecule has 0 bridgehead atoms. The molecule has 6 heteroatoms. The normalized spacial score (nSPS) is 22.0. The maximum Gasteiger partial charge on any atom is 0.272 e. The SMILES string of the molecule is N[C@@H]1CN(Cc2cc(=O)n3[nH]ccc3n2)C[C@H]1c1ccccc1. The predicted octanol–water partition coefficient (Wildman–Crippen LogP) is 0.949. The summed E-state index contributed by atoms with van der Waals surface area (Å²) >= 11 is 0. The molecule has 0 aliphatic carbocycles. The van der Waals surface area contributed by atoms with Gasteiger partial charge in [0.05, 0.1) is 5.69 Å². The van der Waals surface area contributed by atoms with E-state index in [1.165, 1.54) is 10.1 Å². The van der Waals surface area contributed by atoms with Crippen molar-refractivity contribution in [3.8, 4) is 0 Å². The van der Waals surface area contributed by atoms with Gasteiger partial charge < -0.3 is 5.73 Å². The Morgan fingerprint density at radius 3 is 2.87 bits per heavy atom. The Morgan fingerprint density at radius 2 is 2.04 bits per heavy atom. The topological polar surface area (TPSA) is 79.4 Å². The van der Waals surface area contributed by atoms with E-state index >= 15 is 0 Å². The molecular formula is C17H19N5O. The van der Waals surface area contributed by atoms with Crippen molar-refractivity contribution >= 4 is 5.65 Å². The van der Waals surface area contributed by atoms with E-state index in [4.69, 9.17) is 5.73 Å². The fraction of sp³-hybridized carbons (Fsp3) is 0.294. The summed E-state index contributed by atoms with van der Waals surface area (Å²) in [6.45, 7) is 2.35. The second-order valence-electron chi connectivity index (χ2n) is 6.12. The Balaban J connectivity index is 1.54. The highest BCUT2D eigenvalue weighted by molar-refractivity contribution is 5.36. The van der Waals surface area contributed by atoms with Crippen LogP contribution in [0.3, 0.4) is 0 Å². The standard InChI is InChI=1S/C17H19N5O/c18-15-11-21(10-14(15)12-4-2-1-3-5-12)9-13-8-17(23)22-16(20-13)6-7-19-22/h1-8,14-15,19H,9-11,18H2/t14-,15+/m0/s1. The van der Waals surface area contributed by atoms with Crippen molar-refractivity contribution < 1.29 is 0 Å². The van der Waals surface area contributed by atoms with Crippen molar-refractivity contribution in [3.63, 3.8) is 0 Å². The first-order chi connectivity index (χ1) is 11.2. The third kappa shape index (κ3) is 2.67. The number of nitrogens with one attached hydrogen (secondary N) is 1. The molecule has 0 spiro atoms. The van der Waals surface area contributed by atoms with Crippen LogP contribution >= 0.6 is 0 Å². The number of aromatic nitrogens is 3. The van der Waals surface area contributed by atoms with Crippen molar-refractivity contribution in [1.29, 1.82) is 0 Å². The van der Waals surface area contributed by atoms with Crippen molar-refractivity contribution in [2.75, 3.05) is 13.1 Å². The van der Waals surface area contributed by atoms with Crippen LogP contribution in [0.1, 0.15) is 17.2 Å². The van der Waals surface area contributed by atoms with Gasteiger partial charge in [0, 0.05) is 49.9 Å². The predicted molar refractivity (Wildman–Crippen MR) is 88.2 cm³/mol. The largest absolute Gasteiger partial charge is 0.326 e. The number of H-pyrrole nitrogens is 1. The molecule has 0 saturated carbocycles. The molecule has 6 nitrogen and oxygen atoms in total. The zero-order chi connectivity index (χ0) is 15.8. The first-order valence-corrected chi connectivity index (χ1v) is 7.79. The van der Waals surface area contributed by atoms with E-state index in [1.807, 2.05) is 18.2 Å². The molecule has 0 amide bonds. The second-order valence-corrected chi connectivity index (χ2v) is 6.12. The van der Waals surface area contributed by atoms with E-state index in [1.54, 1.807) is 18.3 Å². The Bertz CT molecular complexity index is 869. The van der Waals surface area contributed by atoms with E-state index in [0.717, 1.165) is 18.8 Å². The number of likely N-dealkylation sites (tertiary alicyclic amines) is 1. The molecule has 23 heavy (non-hydrogen) atoms. The van der Waals surface area contributed by atoms with E-state index in [-0.39, 0.29) is 11.6 Å². The maximum atomic E-state index is 12.0. The minimum absolute atomic E-state index is 0.0851. The molecule has 3 aromatic rings. The number of benzene rings is 1. The van der Waals surface area contributed by atoms with Gasteiger partial charge in [0.15, 0.2) is 5.65 Å². The van der Waals surface area contributed by atoms with Crippen LogP contribution in [0.25, 0.3) is 5.65 Å². The number of hydrogen-bond donors (Lipinski definition) is 2. The summed E-state index contributed by atoms with van der Waals surface area (Å²) in [7, 11) is 0. The van der Waals surface area contributed by atoms with Gasteiger partial charge in [-0.3, -0.25) is 14.8 Å². The van der Waals surface area contributed by atoms with Crippen molar-refractivity contribution in [3.05, 3.63) is 70.3 Å². The third-order valence-electron chi connectivity index (χ3n) is 4.49. The molecule has 2 aromatic heterocycles. The summed E-state index contributed by atoms with van der Waals surface area (Å²) in [6, 6.07) is 13.9. The van der Waals surface area contributed by atoms with Gasteiger partial charge in [-0.2, -0.15) is 0 Å². The van der Waals surface area contributed by atoms with Gasteiger partial charge in [0.25, 0.3) is 5.56 Å². The molecule has 1 fully saturated rings. The summed E-state index contributed by atoms with van der Waals surface area (Å²) in [5, 5.41) is 2.85. The number of hydrogen-bond acceptors (Lipinski definition) is 4. The zero-order valence-corrected chi connectivity index (χ0v) is 12.7. The first kappa shape index (κ1) is 14.2. The molecule has 118 valence electrons. The lowest BCUT2D eigenvalue weighted by Crippen LogP contribution is -2.29. The van der Waals surface area contributed by atoms with Crippen molar-refractivity contribution in [2.24, 2.45) is 5.73 Å². The smallest absolute Gasteiger partial charge is 0.272 e. The van der Waals surface area contributed by atoms with Gasteiger partial charge >= 0.3 is 0 Å². The number of rotatable bonds is 3. The quantitative estimate of drug-likeness (QED) is 0.755. The second kappa shape index (κ2) is 5.64. The molecule has 1 aromatic carbocycles. The molecule has 3 heterocycles. The van der Waals surface area contributed by atoms with Crippen molar-refractivity contribution in [1.82, 2.24) is 19.5 Å². The summed E-state index contributed by atoms with van der Waals surface area (Å²) in [5.74, 6) is 0.327. The van der Waals surface area contributed by atoms with Gasteiger partial charge in [-0.25, -0.2) is 9.50 Å². The molecule has 1 aliphatic rings. The van der Waals surface area contributed by atoms with Crippen LogP contribution in [0.2, 0.25) is 0 Å². The number of nitrogens with zero attached hydrogens (tertiary/aromatic N) is 3. The van der Waals surface area contributed by atoms with E-state index < -0.39 is 0 Å². The van der Waals surface area contributed by atoms with Gasteiger partial charge in [-0.15, -0.1) is 0 Å². The van der Waals surface area contributed by atoms with Crippen LogP contribution < -0.4 is 11.3 Å². The van der Waals surface area contributed by atoms with Crippen molar-refractivity contribution in [2.45, 2.75) is 18.5 Å². The Hall–Kier alpha value is -2.44. The monoisotopic (exact) mass is 309 g/mol. The summed E-state index contributed by atoms with van der Waals surface area (Å²) in [4.78, 5) is 18.8. The van der Waals surface area contributed by atoms with Crippen LogP contribution in [0.15, 0.2) is 53.5 Å². The van der Waals surface area contributed by atoms with E-state index in [9.17, 15) is 4.79 Å². The number of fused-ring (bicyclic) bond motifs is 1. The summed E-state index contributed by atoms with van der Waals surface area (Å²) < 4.78 is 1.44. The van der Waals surface area contributed by atoms with Crippen LogP contribution in [0.5, 0.6) is 0 Å². The van der Waals surface area contributed by atoms with E-state index in [2.05, 4.69) is 27.1 Å². The molecule has 1 saturated heterocycles. The molecule has 2 atom stereocenters. The number of aromatic amines is 1. The highest BCUT2D eigenvalue weighted by atomic mass is 16.1. The third-order valence-corrected chi connectivity index (χ3v) is 4.49. The molecule has 4 rings (SSSR count). The van der Waals surface area contributed by atoms with Gasteiger partial charge in [-0.05, 0) is 5.56 Å². The maximum absolute atomic E-state index is 12.0. The lowest BCUT2D eigenvalue weighted by Gasteiger charge is -2.15. The molecular weight excluding hydrogens is 290 g/mol. The molecule has 3 N–H and O–H groups in total. The zero-order valence-electron chi connectivity index (χ0n) is 12.7.